The van der Waals surface area contributed by atoms with Gasteiger partial charge in [0.1, 0.15) is 6.54 Å². The highest BCUT2D eigenvalue weighted by molar-refractivity contribution is 9.10. The number of carbonyl (C=O) groups is 1. The fourth-order valence-corrected chi connectivity index (χ4v) is 2.31. The summed E-state index contributed by atoms with van der Waals surface area (Å²) in [6.07, 6.45) is 4.67. The molecular formula is C15H19BrN4O. The largest absolute Gasteiger partial charge is 0.328 e. The number of rotatable bonds is 7. The van der Waals surface area contributed by atoms with Crippen molar-refractivity contribution < 1.29 is 4.79 Å². The van der Waals surface area contributed by atoms with Crippen LogP contribution in [-0.4, -0.2) is 22.0 Å². The van der Waals surface area contributed by atoms with Gasteiger partial charge in [-0.05, 0) is 31.2 Å². The minimum Gasteiger partial charge on any atom is -0.328 e. The molecule has 5 nitrogen and oxygen atoms in total. The molecule has 6 heteroatoms. The average molecular weight is 351 g/mol. The van der Waals surface area contributed by atoms with Crippen LogP contribution < -0.4 is 10.6 Å². The van der Waals surface area contributed by atoms with Crippen molar-refractivity contribution >= 4 is 27.5 Å². The van der Waals surface area contributed by atoms with Gasteiger partial charge in [0.25, 0.3) is 0 Å². The van der Waals surface area contributed by atoms with Gasteiger partial charge >= 0.3 is 0 Å². The molecule has 0 radical (unpaired) electrons. The smallest absolute Gasteiger partial charge is 0.244 e. The maximum absolute atomic E-state index is 12.0. The number of carbonyl (C=O) groups excluding carboxylic acids is 1. The van der Waals surface area contributed by atoms with Crippen LogP contribution in [0.3, 0.4) is 0 Å². The molecule has 0 saturated heterocycles. The van der Waals surface area contributed by atoms with Crippen LogP contribution in [0.25, 0.3) is 0 Å². The molecule has 0 bridgehead atoms. The van der Waals surface area contributed by atoms with Gasteiger partial charge in [-0.25, -0.2) is 4.98 Å². The molecular weight excluding hydrogens is 332 g/mol. The number of imidazole rings is 1. The molecule has 2 N–H and O–H groups in total. The standard InChI is InChI=1S/C15H19BrN4O/c1-2-6-17-8-14-9-20(11-18-14)10-15(21)19-13-5-3-4-12(16)7-13/h3-5,7,9,11,17H,2,6,8,10H2,1H3,(H,19,21). The summed E-state index contributed by atoms with van der Waals surface area (Å²) in [7, 11) is 0. The zero-order valence-electron chi connectivity index (χ0n) is 12.0. The minimum atomic E-state index is -0.0708. The molecule has 2 aromatic rings. The Bertz CT molecular complexity index is 597. The number of nitrogens with zero attached hydrogens (tertiary/aromatic N) is 2. The lowest BCUT2D eigenvalue weighted by Gasteiger charge is -2.06. The van der Waals surface area contributed by atoms with Crippen molar-refractivity contribution in [1.29, 1.82) is 0 Å². The Morgan fingerprint density at radius 2 is 2.29 bits per heavy atom. The van der Waals surface area contributed by atoms with Crippen molar-refractivity contribution in [2.75, 3.05) is 11.9 Å². The summed E-state index contributed by atoms with van der Waals surface area (Å²) in [6, 6.07) is 7.53. The number of aromatic nitrogens is 2. The number of anilines is 1. The number of hydrogen-bond acceptors (Lipinski definition) is 3. The van der Waals surface area contributed by atoms with Gasteiger partial charge < -0.3 is 15.2 Å². The van der Waals surface area contributed by atoms with Crippen LogP contribution in [0.2, 0.25) is 0 Å². The predicted molar refractivity (Wildman–Crippen MR) is 87.0 cm³/mol. The molecule has 1 amide bonds. The number of amides is 1. The third-order valence-electron chi connectivity index (χ3n) is 2.85. The fourth-order valence-electron chi connectivity index (χ4n) is 1.91. The van der Waals surface area contributed by atoms with Gasteiger partial charge in [-0.15, -0.1) is 0 Å². The molecule has 2 rings (SSSR count). The van der Waals surface area contributed by atoms with Gasteiger partial charge in [-0.3, -0.25) is 4.79 Å². The number of nitrogens with one attached hydrogen (secondary N) is 2. The van der Waals surface area contributed by atoms with E-state index < -0.39 is 0 Å². The molecule has 1 aromatic heterocycles. The maximum Gasteiger partial charge on any atom is 0.244 e. The highest BCUT2D eigenvalue weighted by Crippen LogP contribution is 2.15. The molecule has 0 atom stereocenters. The first-order valence-corrected chi connectivity index (χ1v) is 7.73. The number of benzene rings is 1. The summed E-state index contributed by atoms with van der Waals surface area (Å²) < 4.78 is 2.73. The molecule has 1 heterocycles. The van der Waals surface area contributed by atoms with Crippen LogP contribution in [0.4, 0.5) is 5.69 Å². The van der Waals surface area contributed by atoms with E-state index in [4.69, 9.17) is 0 Å². The van der Waals surface area contributed by atoms with E-state index >= 15 is 0 Å². The van der Waals surface area contributed by atoms with Crippen LogP contribution in [0.15, 0.2) is 41.3 Å². The molecule has 0 saturated carbocycles. The quantitative estimate of drug-likeness (QED) is 0.755. The summed E-state index contributed by atoms with van der Waals surface area (Å²) in [5.41, 5.74) is 1.72. The van der Waals surface area contributed by atoms with Crippen LogP contribution in [0.5, 0.6) is 0 Å². The zero-order chi connectivity index (χ0) is 15.1. The van der Waals surface area contributed by atoms with E-state index in [1.807, 2.05) is 30.5 Å². The number of hydrogen-bond donors (Lipinski definition) is 2. The van der Waals surface area contributed by atoms with Gasteiger partial charge in [-0.2, -0.15) is 0 Å². The van der Waals surface area contributed by atoms with Gasteiger partial charge in [0.15, 0.2) is 0 Å². The summed E-state index contributed by atoms with van der Waals surface area (Å²) >= 11 is 3.38. The Morgan fingerprint density at radius 1 is 1.43 bits per heavy atom. The van der Waals surface area contributed by atoms with Gasteiger partial charge in [0.2, 0.25) is 5.91 Å². The summed E-state index contributed by atoms with van der Waals surface area (Å²) in [6.45, 7) is 4.08. The molecule has 0 fully saturated rings. The molecule has 1 aromatic carbocycles. The van der Waals surface area contributed by atoms with Crippen LogP contribution in [0, 0.1) is 0 Å². The molecule has 21 heavy (non-hydrogen) atoms. The maximum atomic E-state index is 12.0. The summed E-state index contributed by atoms with van der Waals surface area (Å²) in [5, 5.41) is 6.14. The monoisotopic (exact) mass is 350 g/mol. The third kappa shape index (κ3) is 5.32. The molecule has 0 unspecified atom stereocenters. The average Bonchev–Trinajstić information content (AvgIpc) is 2.86. The number of halogens is 1. The predicted octanol–water partition coefficient (Wildman–Crippen LogP) is 2.78. The van der Waals surface area contributed by atoms with E-state index in [-0.39, 0.29) is 12.5 Å². The van der Waals surface area contributed by atoms with Crippen molar-refractivity contribution in [2.45, 2.75) is 26.4 Å². The Balaban J connectivity index is 1.85. The molecule has 112 valence electrons. The lowest BCUT2D eigenvalue weighted by atomic mass is 10.3. The highest BCUT2D eigenvalue weighted by Gasteiger charge is 2.05. The van der Waals surface area contributed by atoms with Gasteiger partial charge in [0.05, 0.1) is 12.0 Å². The van der Waals surface area contributed by atoms with Crippen molar-refractivity contribution in [2.24, 2.45) is 0 Å². The van der Waals surface area contributed by atoms with E-state index in [1.54, 1.807) is 10.9 Å². The first-order chi connectivity index (χ1) is 10.2. The van der Waals surface area contributed by atoms with Crippen molar-refractivity contribution in [3.63, 3.8) is 0 Å². The second-order valence-corrected chi connectivity index (χ2v) is 5.69. The molecule has 0 aliphatic rings. The lowest BCUT2D eigenvalue weighted by Crippen LogP contribution is -2.18. The first kappa shape index (κ1) is 15.7. The van der Waals surface area contributed by atoms with Crippen LogP contribution in [-0.2, 0) is 17.9 Å². The summed E-state index contributed by atoms with van der Waals surface area (Å²) in [4.78, 5) is 16.2. The summed E-state index contributed by atoms with van der Waals surface area (Å²) in [5.74, 6) is -0.0708. The van der Waals surface area contributed by atoms with Crippen molar-refractivity contribution in [3.8, 4) is 0 Å². The Hall–Kier alpha value is -1.66. The van der Waals surface area contributed by atoms with E-state index in [2.05, 4.69) is 38.5 Å². The minimum absolute atomic E-state index is 0.0708. The zero-order valence-corrected chi connectivity index (χ0v) is 13.6. The highest BCUT2D eigenvalue weighted by atomic mass is 79.9. The Morgan fingerprint density at radius 3 is 3.05 bits per heavy atom. The molecule has 0 aliphatic heterocycles. The van der Waals surface area contributed by atoms with E-state index in [1.165, 1.54) is 0 Å². The van der Waals surface area contributed by atoms with Crippen molar-refractivity contribution in [1.82, 2.24) is 14.9 Å². The lowest BCUT2D eigenvalue weighted by molar-refractivity contribution is -0.116. The third-order valence-corrected chi connectivity index (χ3v) is 3.35. The van der Waals surface area contributed by atoms with E-state index in [9.17, 15) is 4.79 Å². The molecule has 0 aliphatic carbocycles. The van der Waals surface area contributed by atoms with E-state index in [0.717, 1.165) is 35.4 Å². The SMILES string of the molecule is CCCNCc1cn(CC(=O)Nc2cccc(Br)c2)cn1. The fraction of sp³-hybridized carbons (Fsp3) is 0.333. The normalized spacial score (nSPS) is 10.6. The topological polar surface area (TPSA) is 59.0 Å². The second-order valence-electron chi connectivity index (χ2n) is 4.77. The van der Waals surface area contributed by atoms with E-state index in [0.29, 0.717) is 0 Å². The van der Waals surface area contributed by atoms with Gasteiger partial charge in [-0.1, -0.05) is 28.9 Å². The molecule has 0 spiro atoms. The van der Waals surface area contributed by atoms with Crippen LogP contribution >= 0.6 is 15.9 Å². The van der Waals surface area contributed by atoms with Crippen LogP contribution in [0.1, 0.15) is 19.0 Å². The van der Waals surface area contributed by atoms with Crippen molar-refractivity contribution in [3.05, 3.63) is 47.0 Å². The first-order valence-electron chi connectivity index (χ1n) is 6.94. The Labute approximate surface area is 132 Å². The Kier molecular flexibility index (Phi) is 5.95. The second kappa shape index (κ2) is 7.95. The van der Waals surface area contributed by atoms with Gasteiger partial charge in [0, 0.05) is 22.9 Å².